The maximum absolute atomic E-state index is 12.3. The summed E-state index contributed by atoms with van der Waals surface area (Å²) in [5.41, 5.74) is 0.679. The van der Waals surface area contributed by atoms with E-state index in [4.69, 9.17) is 4.74 Å². The Labute approximate surface area is 174 Å². The van der Waals surface area contributed by atoms with Crippen molar-refractivity contribution in [3.8, 4) is 0 Å². The lowest BCUT2D eigenvalue weighted by atomic mass is 9.84. The molecule has 0 aliphatic heterocycles. The molecule has 0 bridgehead atoms. The van der Waals surface area contributed by atoms with E-state index in [0.717, 1.165) is 18.4 Å². The van der Waals surface area contributed by atoms with Crippen molar-refractivity contribution >= 4 is 12.1 Å². The number of carbonyl (C=O) groups excluding carboxylic acids is 1. The predicted octanol–water partition coefficient (Wildman–Crippen LogP) is 4.34. The number of nitrogens with one attached hydrogen (secondary N) is 2. The van der Waals surface area contributed by atoms with Crippen molar-refractivity contribution in [2.24, 2.45) is 11.3 Å². The zero-order valence-electron chi connectivity index (χ0n) is 17.9. The van der Waals surface area contributed by atoms with Crippen LogP contribution in [0.25, 0.3) is 0 Å². The maximum atomic E-state index is 12.3. The van der Waals surface area contributed by atoms with Crippen LogP contribution in [-0.4, -0.2) is 35.8 Å². The highest BCUT2D eigenvalue weighted by Crippen LogP contribution is 2.27. The number of hydrogen-bond acceptors (Lipinski definition) is 4. The quantitative estimate of drug-likeness (QED) is 0.570. The molecule has 2 atom stereocenters. The Bertz CT molecular complexity index is 636. The topological polar surface area (TPSA) is 87.7 Å². The minimum Gasteiger partial charge on any atom is -0.480 e. The third-order valence-corrected chi connectivity index (χ3v) is 5.71. The largest absolute Gasteiger partial charge is 0.480 e. The Balaban J connectivity index is 1.87. The van der Waals surface area contributed by atoms with E-state index < -0.39 is 18.1 Å². The van der Waals surface area contributed by atoms with E-state index in [0.29, 0.717) is 18.9 Å². The predicted molar refractivity (Wildman–Crippen MR) is 114 cm³/mol. The molecule has 0 aromatic heterocycles. The number of aliphatic carboxylic acids is 1. The summed E-state index contributed by atoms with van der Waals surface area (Å²) in [6, 6.07) is 8.67. The lowest BCUT2D eigenvalue weighted by Gasteiger charge is -2.33. The maximum Gasteiger partial charge on any atom is 0.407 e. The van der Waals surface area contributed by atoms with E-state index in [1.165, 1.54) is 19.3 Å². The van der Waals surface area contributed by atoms with E-state index in [2.05, 4.69) is 10.6 Å². The van der Waals surface area contributed by atoms with Crippen molar-refractivity contribution in [2.45, 2.75) is 78.0 Å². The van der Waals surface area contributed by atoms with Gasteiger partial charge in [0.1, 0.15) is 12.6 Å². The van der Waals surface area contributed by atoms with Gasteiger partial charge in [-0.15, -0.1) is 0 Å². The van der Waals surface area contributed by atoms with Gasteiger partial charge in [0.15, 0.2) is 0 Å². The van der Waals surface area contributed by atoms with Gasteiger partial charge in [-0.05, 0) is 23.3 Å². The minimum atomic E-state index is -0.824. The molecule has 1 aromatic carbocycles. The molecular formula is C23H36N2O4. The van der Waals surface area contributed by atoms with Gasteiger partial charge < -0.3 is 20.5 Å². The molecular weight excluding hydrogens is 368 g/mol. The molecule has 2 rings (SSSR count). The van der Waals surface area contributed by atoms with Gasteiger partial charge in [0.05, 0.1) is 0 Å². The molecule has 1 unspecified atom stereocenters. The van der Waals surface area contributed by atoms with Crippen LogP contribution in [0.5, 0.6) is 0 Å². The summed E-state index contributed by atoms with van der Waals surface area (Å²) in [5, 5.41) is 15.7. The molecule has 3 N–H and O–H groups in total. The van der Waals surface area contributed by atoms with Crippen molar-refractivity contribution in [2.75, 3.05) is 6.54 Å². The molecule has 6 heteroatoms. The monoisotopic (exact) mass is 404 g/mol. The first-order chi connectivity index (χ1) is 13.8. The van der Waals surface area contributed by atoms with Crippen LogP contribution in [0.4, 0.5) is 4.79 Å². The fourth-order valence-corrected chi connectivity index (χ4v) is 3.77. The Kier molecular flexibility index (Phi) is 8.96. The summed E-state index contributed by atoms with van der Waals surface area (Å²) in [6.45, 7) is 6.65. The second-order valence-corrected chi connectivity index (χ2v) is 9.16. The van der Waals surface area contributed by atoms with Crippen LogP contribution < -0.4 is 10.6 Å². The average molecular weight is 405 g/mol. The molecule has 29 heavy (non-hydrogen) atoms. The highest BCUT2D eigenvalue weighted by molar-refractivity contribution is 5.73. The van der Waals surface area contributed by atoms with Crippen LogP contribution >= 0.6 is 0 Å². The molecule has 162 valence electrons. The zero-order chi connectivity index (χ0) is 21.3. The van der Waals surface area contributed by atoms with Gasteiger partial charge in [0.2, 0.25) is 0 Å². The van der Waals surface area contributed by atoms with Gasteiger partial charge in [0.25, 0.3) is 0 Å². The number of carboxylic acids is 1. The van der Waals surface area contributed by atoms with E-state index in [9.17, 15) is 14.7 Å². The molecule has 1 aliphatic carbocycles. The number of carbonyl (C=O) groups is 2. The van der Waals surface area contributed by atoms with Crippen LogP contribution in [-0.2, 0) is 16.1 Å². The number of hydrogen-bond donors (Lipinski definition) is 3. The van der Waals surface area contributed by atoms with Gasteiger partial charge in [0, 0.05) is 12.6 Å². The molecule has 0 saturated heterocycles. The van der Waals surface area contributed by atoms with Crippen molar-refractivity contribution in [1.82, 2.24) is 10.6 Å². The summed E-state index contributed by atoms with van der Waals surface area (Å²) in [6.07, 6.45) is 6.01. The fourth-order valence-electron chi connectivity index (χ4n) is 3.77. The SMILES string of the molecule is CC(C)(C)[C@@H](CNC(CC1CCCCC1)C(=O)O)NC(=O)OCc1ccccc1. The molecule has 6 nitrogen and oxygen atoms in total. The molecule has 1 amide bonds. The second kappa shape index (κ2) is 11.2. The third-order valence-electron chi connectivity index (χ3n) is 5.71. The number of carboxylic acid groups (broad SMARTS) is 1. The van der Waals surface area contributed by atoms with Gasteiger partial charge >= 0.3 is 12.1 Å². The van der Waals surface area contributed by atoms with Crippen LogP contribution in [0, 0.1) is 11.3 Å². The molecule has 1 aromatic rings. The number of rotatable bonds is 9. The van der Waals surface area contributed by atoms with Crippen molar-refractivity contribution in [3.63, 3.8) is 0 Å². The van der Waals surface area contributed by atoms with Gasteiger partial charge in [-0.1, -0.05) is 83.2 Å². The summed E-state index contributed by atoms with van der Waals surface area (Å²) in [5.74, 6) is -0.357. The van der Waals surface area contributed by atoms with Crippen LogP contribution in [0.1, 0.15) is 64.9 Å². The standard InChI is InChI=1S/C23H36N2O4/c1-23(2,3)20(25-22(28)29-16-18-12-8-5-9-13-18)15-24-19(21(26)27)14-17-10-6-4-7-11-17/h5,8-9,12-13,17,19-20,24H,4,6-7,10-11,14-16H2,1-3H3,(H,25,28)(H,26,27)/t19?,20-/m1/s1. The molecule has 0 radical (unpaired) electrons. The normalized spacial score (nSPS) is 17.3. The van der Waals surface area contributed by atoms with Crippen LogP contribution in [0.3, 0.4) is 0 Å². The molecule has 0 spiro atoms. The van der Waals surface area contributed by atoms with Gasteiger partial charge in [-0.3, -0.25) is 4.79 Å². The van der Waals surface area contributed by atoms with E-state index in [1.807, 2.05) is 51.1 Å². The molecule has 1 saturated carbocycles. The van der Waals surface area contributed by atoms with Crippen molar-refractivity contribution in [1.29, 1.82) is 0 Å². The smallest absolute Gasteiger partial charge is 0.407 e. The van der Waals surface area contributed by atoms with E-state index in [-0.39, 0.29) is 18.1 Å². The first-order valence-corrected chi connectivity index (χ1v) is 10.7. The number of ether oxygens (including phenoxy) is 1. The number of amides is 1. The Hall–Kier alpha value is -2.08. The first-order valence-electron chi connectivity index (χ1n) is 10.7. The minimum absolute atomic E-state index is 0.205. The summed E-state index contributed by atoms with van der Waals surface area (Å²) >= 11 is 0. The average Bonchev–Trinajstić information content (AvgIpc) is 2.69. The lowest BCUT2D eigenvalue weighted by molar-refractivity contribution is -0.140. The Morgan fingerprint density at radius 3 is 2.38 bits per heavy atom. The summed E-state index contributed by atoms with van der Waals surface area (Å²) < 4.78 is 5.34. The van der Waals surface area contributed by atoms with Gasteiger partial charge in [-0.2, -0.15) is 0 Å². The summed E-state index contributed by atoms with van der Waals surface area (Å²) in [4.78, 5) is 24.0. The third kappa shape index (κ3) is 8.44. The van der Waals surface area contributed by atoms with E-state index >= 15 is 0 Å². The van der Waals surface area contributed by atoms with Gasteiger partial charge in [-0.25, -0.2) is 4.79 Å². The fraction of sp³-hybridized carbons (Fsp3) is 0.652. The highest BCUT2D eigenvalue weighted by Gasteiger charge is 2.30. The summed E-state index contributed by atoms with van der Waals surface area (Å²) in [7, 11) is 0. The highest BCUT2D eigenvalue weighted by atomic mass is 16.5. The zero-order valence-corrected chi connectivity index (χ0v) is 17.9. The molecule has 0 heterocycles. The number of alkyl carbamates (subject to hydrolysis) is 1. The van der Waals surface area contributed by atoms with Crippen molar-refractivity contribution < 1.29 is 19.4 Å². The lowest BCUT2D eigenvalue weighted by Crippen LogP contribution is -2.53. The number of benzene rings is 1. The molecule has 1 aliphatic rings. The van der Waals surface area contributed by atoms with Crippen molar-refractivity contribution in [3.05, 3.63) is 35.9 Å². The second-order valence-electron chi connectivity index (χ2n) is 9.16. The molecule has 1 fully saturated rings. The van der Waals surface area contributed by atoms with Crippen LogP contribution in [0.15, 0.2) is 30.3 Å². The first kappa shape index (κ1) is 23.2. The van der Waals surface area contributed by atoms with E-state index in [1.54, 1.807) is 0 Å². The Morgan fingerprint density at radius 1 is 1.14 bits per heavy atom. The Morgan fingerprint density at radius 2 is 1.79 bits per heavy atom. The van der Waals surface area contributed by atoms with Crippen LogP contribution in [0.2, 0.25) is 0 Å².